The Labute approximate surface area is 109 Å². The predicted octanol–water partition coefficient (Wildman–Crippen LogP) is 0.807. The van der Waals surface area contributed by atoms with Crippen molar-refractivity contribution in [2.24, 2.45) is 0 Å². The summed E-state index contributed by atoms with van der Waals surface area (Å²) in [6, 6.07) is 4.99. The van der Waals surface area contributed by atoms with E-state index in [0.717, 1.165) is 0 Å². The Morgan fingerprint density at radius 3 is 2.74 bits per heavy atom. The van der Waals surface area contributed by atoms with Crippen molar-refractivity contribution < 1.29 is 24.2 Å². The number of carboxylic acid groups (broad SMARTS) is 1. The highest BCUT2D eigenvalue weighted by molar-refractivity contribution is 5.91. The van der Waals surface area contributed by atoms with E-state index in [-0.39, 0.29) is 13.0 Å². The summed E-state index contributed by atoms with van der Waals surface area (Å²) in [6.07, 6.45) is -1.61. The first-order chi connectivity index (χ1) is 8.91. The fourth-order valence-corrected chi connectivity index (χ4v) is 1.36. The van der Waals surface area contributed by atoms with Crippen molar-refractivity contribution in [3.8, 4) is 0 Å². The molecule has 0 aliphatic heterocycles. The van der Waals surface area contributed by atoms with Gasteiger partial charge in [0.2, 0.25) is 0 Å². The van der Waals surface area contributed by atoms with Crippen LogP contribution in [0.25, 0.3) is 0 Å². The second-order valence-electron chi connectivity index (χ2n) is 3.91. The lowest BCUT2D eigenvalue weighted by Crippen LogP contribution is -2.39. The molecule has 0 aliphatic rings. The van der Waals surface area contributed by atoms with Crippen molar-refractivity contribution in [3.05, 3.63) is 30.1 Å². The second kappa shape index (κ2) is 6.69. The molecule has 0 saturated carbocycles. The number of aliphatic hydroxyl groups is 1. The number of urea groups is 1. The number of hydrogen-bond donors (Lipinski definition) is 3. The van der Waals surface area contributed by atoms with Crippen LogP contribution in [0.1, 0.15) is 6.42 Å². The molecule has 0 heterocycles. The van der Waals surface area contributed by atoms with Gasteiger partial charge in [0.15, 0.2) is 6.10 Å². The van der Waals surface area contributed by atoms with E-state index in [1.807, 2.05) is 0 Å². The molecule has 0 saturated heterocycles. The van der Waals surface area contributed by atoms with Crippen molar-refractivity contribution in [1.29, 1.82) is 0 Å². The highest BCUT2D eigenvalue weighted by atomic mass is 19.1. The van der Waals surface area contributed by atoms with Crippen LogP contribution in [0.5, 0.6) is 0 Å². The number of hydrogen-bond acceptors (Lipinski definition) is 3. The van der Waals surface area contributed by atoms with Crippen molar-refractivity contribution in [3.63, 3.8) is 0 Å². The second-order valence-corrected chi connectivity index (χ2v) is 3.91. The molecule has 0 aliphatic carbocycles. The lowest BCUT2D eigenvalue weighted by molar-refractivity contribution is -0.146. The van der Waals surface area contributed by atoms with Crippen LogP contribution in [-0.4, -0.2) is 41.9 Å². The maximum absolute atomic E-state index is 13.0. The van der Waals surface area contributed by atoms with Crippen LogP contribution >= 0.6 is 0 Å². The number of rotatable bonds is 5. The number of carbonyl (C=O) groups is 2. The third kappa shape index (κ3) is 4.55. The summed E-state index contributed by atoms with van der Waals surface area (Å²) in [5, 5.41) is 19.9. The Morgan fingerprint density at radius 2 is 2.16 bits per heavy atom. The monoisotopic (exact) mass is 270 g/mol. The third-order valence-corrected chi connectivity index (χ3v) is 2.48. The van der Waals surface area contributed by atoms with Crippen LogP contribution in [0, 0.1) is 5.82 Å². The lowest BCUT2D eigenvalue weighted by atomic mass is 10.2. The molecule has 7 heteroatoms. The minimum atomic E-state index is -1.51. The Bertz CT molecular complexity index is 467. The summed E-state index contributed by atoms with van der Waals surface area (Å²) in [7, 11) is 1.46. The Morgan fingerprint density at radius 1 is 1.47 bits per heavy atom. The van der Waals surface area contributed by atoms with Crippen molar-refractivity contribution in [2.75, 3.05) is 18.5 Å². The van der Waals surface area contributed by atoms with E-state index in [9.17, 15) is 14.0 Å². The van der Waals surface area contributed by atoms with Crippen molar-refractivity contribution in [1.82, 2.24) is 5.32 Å². The number of nitrogens with zero attached hydrogens (tertiary/aromatic N) is 1. The average molecular weight is 270 g/mol. The van der Waals surface area contributed by atoms with Gasteiger partial charge in [0.1, 0.15) is 5.82 Å². The molecule has 1 aromatic rings. The molecule has 19 heavy (non-hydrogen) atoms. The first-order valence-electron chi connectivity index (χ1n) is 5.60. The summed E-state index contributed by atoms with van der Waals surface area (Å²) in [5.74, 6) is -1.80. The normalized spacial score (nSPS) is 11.7. The lowest BCUT2D eigenvalue weighted by Gasteiger charge is -2.18. The molecule has 0 bridgehead atoms. The number of anilines is 1. The first-order valence-corrected chi connectivity index (χ1v) is 5.60. The molecule has 1 rings (SSSR count). The van der Waals surface area contributed by atoms with Gasteiger partial charge in [-0.1, -0.05) is 6.07 Å². The highest BCUT2D eigenvalue weighted by Crippen LogP contribution is 2.13. The van der Waals surface area contributed by atoms with Gasteiger partial charge in [0, 0.05) is 25.7 Å². The Balaban J connectivity index is 2.47. The van der Waals surface area contributed by atoms with E-state index in [0.29, 0.717) is 5.69 Å². The molecule has 1 atom stereocenters. The predicted molar refractivity (Wildman–Crippen MR) is 66.5 cm³/mol. The topological polar surface area (TPSA) is 89.9 Å². The number of halogens is 1. The molecule has 2 amide bonds. The van der Waals surface area contributed by atoms with E-state index in [1.54, 1.807) is 6.07 Å². The van der Waals surface area contributed by atoms with Gasteiger partial charge < -0.3 is 15.5 Å². The quantitative estimate of drug-likeness (QED) is 0.738. The van der Waals surface area contributed by atoms with E-state index in [2.05, 4.69) is 5.32 Å². The van der Waals surface area contributed by atoms with Gasteiger partial charge >= 0.3 is 12.0 Å². The zero-order chi connectivity index (χ0) is 14.4. The van der Waals surface area contributed by atoms with Crippen molar-refractivity contribution in [2.45, 2.75) is 12.5 Å². The van der Waals surface area contributed by atoms with Gasteiger partial charge in [0.25, 0.3) is 0 Å². The highest BCUT2D eigenvalue weighted by Gasteiger charge is 2.15. The fourth-order valence-electron chi connectivity index (χ4n) is 1.36. The van der Waals surface area contributed by atoms with E-state index >= 15 is 0 Å². The standard InChI is InChI=1S/C12H15FN2O4/c1-15(9-4-2-3-8(13)7-9)12(19)14-6-5-10(16)11(17)18/h2-4,7,10,16H,5-6H2,1H3,(H,14,19)(H,17,18). The molecule has 0 fully saturated rings. The molecule has 104 valence electrons. The van der Waals surface area contributed by atoms with Gasteiger partial charge in [-0.3, -0.25) is 4.90 Å². The number of nitrogens with one attached hydrogen (secondary N) is 1. The molecule has 0 radical (unpaired) electrons. The van der Waals surface area contributed by atoms with Gasteiger partial charge in [-0.25, -0.2) is 14.0 Å². The van der Waals surface area contributed by atoms with Crippen molar-refractivity contribution >= 4 is 17.7 Å². The minimum Gasteiger partial charge on any atom is -0.479 e. The summed E-state index contributed by atoms with van der Waals surface area (Å²) >= 11 is 0. The number of carbonyl (C=O) groups excluding carboxylic acids is 1. The van der Waals surface area contributed by atoms with Crippen LogP contribution in [0.3, 0.4) is 0 Å². The molecule has 3 N–H and O–H groups in total. The van der Waals surface area contributed by atoms with Crippen LogP contribution < -0.4 is 10.2 Å². The van der Waals surface area contributed by atoms with Gasteiger partial charge in [0.05, 0.1) is 0 Å². The summed E-state index contributed by atoms with van der Waals surface area (Å²) in [4.78, 5) is 23.2. The molecule has 0 spiro atoms. The third-order valence-electron chi connectivity index (χ3n) is 2.48. The van der Waals surface area contributed by atoms with Gasteiger partial charge in [-0.05, 0) is 18.2 Å². The van der Waals surface area contributed by atoms with E-state index in [4.69, 9.17) is 10.2 Å². The molecular formula is C12H15FN2O4. The summed E-state index contributed by atoms with van der Waals surface area (Å²) in [6.45, 7) is 0.00591. The SMILES string of the molecule is CN(C(=O)NCCC(O)C(=O)O)c1cccc(F)c1. The maximum atomic E-state index is 13.0. The number of benzene rings is 1. The Hall–Kier alpha value is -2.15. The summed E-state index contributed by atoms with van der Waals surface area (Å²) < 4.78 is 13.0. The smallest absolute Gasteiger partial charge is 0.332 e. The van der Waals surface area contributed by atoms with Gasteiger partial charge in [-0.2, -0.15) is 0 Å². The first kappa shape index (κ1) is 14.9. The van der Waals surface area contributed by atoms with Crippen LogP contribution in [0.15, 0.2) is 24.3 Å². The molecule has 6 nitrogen and oxygen atoms in total. The maximum Gasteiger partial charge on any atom is 0.332 e. The number of amides is 2. The fraction of sp³-hybridized carbons (Fsp3) is 0.333. The van der Waals surface area contributed by atoms with Gasteiger partial charge in [-0.15, -0.1) is 0 Å². The van der Waals surface area contributed by atoms with Crippen LogP contribution in [0.2, 0.25) is 0 Å². The minimum absolute atomic E-state index is 0.00591. The molecule has 0 aromatic heterocycles. The summed E-state index contributed by atoms with van der Waals surface area (Å²) in [5.41, 5.74) is 0.372. The van der Waals surface area contributed by atoms with Crippen LogP contribution in [0.4, 0.5) is 14.9 Å². The number of carboxylic acids is 1. The Kier molecular flexibility index (Phi) is 5.25. The van der Waals surface area contributed by atoms with E-state index in [1.165, 1.54) is 30.1 Å². The zero-order valence-corrected chi connectivity index (χ0v) is 10.3. The van der Waals surface area contributed by atoms with Crippen LogP contribution in [-0.2, 0) is 4.79 Å². The zero-order valence-electron chi connectivity index (χ0n) is 10.3. The molecular weight excluding hydrogens is 255 g/mol. The number of aliphatic hydroxyl groups excluding tert-OH is 1. The largest absolute Gasteiger partial charge is 0.479 e. The van der Waals surface area contributed by atoms with E-state index < -0.39 is 23.9 Å². The molecule has 1 unspecified atom stereocenters. The average Bonchev–Trinajstić information content (AvgIpc) is 2.37. The molecule has 1 aromatic carbocycles. The number of aliphatic carboxylic acids is 1.